The van der Waals surface area contributed by atoms with E-state index < -0.39 is 0 Å². The van der Waals surface area contributed by atoms with E-state index >= 15 is 0 Å². The van der Waals surface area contributed by atoms with E-state index in [1.807, 2.05) is 24.3 Å². The van der Waals surface area contributed by atoms with E-state index in [-0.39, 0.29) is 0 Å². The Kier molecular flexibility index (Phi) is 1.75. The van der Waals surface area contributed by atoms with Crippen molar-refractivity contribution in [2.24, 2.45) is 5.16 Å². The first-order valence-electron chi connectivity index (χ1n) is 3.43. The fourth-order valence-corrected chi connectivity index (χ4v) is 1.70. The smallest absolute Gasteiger partial charge is 0.174 e. The molecule has 0 radical (unpaired) electrons. The van der Waals surface area contributed by atoms with Gasteiger partial charge in [-0.05, 0) is 12.1 Å². The van der Waals surface area contributed by atoms with E-state index in [9.17, 15) is 0 Å². The normalized spacial score (nSPS) is 12.2. The van der Waals surface area contributed by atoms with Crippen LogP contribution in [0.2, 0.25) is 0 Å². The van der Waals surface area contributed by atoms with E-state index in [2.05, 4.69) is 10.1 Å². The third kappa shape index (κ3) is 1.16. The molecule has 0 fully saturated rings. The standard InChI is InChI=1S/C8H6N2OS/c11-10-8-5-9-6-3-1-2-4-7(6)12-8/h1-5,11H. The highest BCUT2D eigenvalue weighted by atomic mass is 32.1. The van der Waals surface area contributed by atoms with Crippen LogP contribution in [0.5, 0.6) is 0 Å². The highest BCUT2D eigenvalue weighted by Gasteiger charge is 1.92. The summed E-state index contributed by atoms with van der Waals surface area (Å²) in [5.41, 5.74) is 0.926. The molecule has 4 heteroatoms. The topological polar surface area (TPSA) is 45.5 Å². The van der Waals surface area contributed by atoms with Gasteiger partial charge in [-0.1, -0.05) is 17.3 Å². The molecule has 0 unspecified atom stereocenters. The Hall–Kier alpha value is -1.42. The minimum atomic E-state index is 0.522. The zero-order chi connectivity index (χ0) is 8.39. The molecule has 60 valence electrons. The Labute approximate surface area is 72.6 Å². The van der Waals surface area contributed by atoms with Crippen LogP contribution in [0.3, 0.4) is 0 Å². The van der Waals surface area contributed by atoms with Crippen molar-refractivity contribution in [2.45, 2.75) is 0 Å². The maximum absolute atomic E-state index is 8.49. The van der Waals surface area contributed by atoms with Crippen molar-refractivity contribution in [3.63, 3.8) is 0 Å². The molecule has 0 amide bonds. The molecule has 1 heterocycles. The first kappa shape index (κ1) is 7.24. The zero-order valence-corrected chi connectivity index (χ0v) is 6.95. The lowest BCUT2D eigenvalue weighted by Crippen LogP contribution is -1.95. The number of hydrogen-bond acceptors (Lipinski definition) is 4. The Morgan fingerprint density at radius 1 is 1.33 bits per heavy atom. The van der Waals surface area contributed by atoms with Crippen LogP contribution in [0.1, 0.15) is 0 Å². The summed E-state index contributed by atoms with van der Waals surface area (Å²) in [4.78, 5) is 4.11. The molecule has 3 nitrogen and oxygen atoms in total. The number of para-hydroxylation sites is 1. The van der Waals surface area contributed by atoms with Crippen LogP contribution in [-0.2, 0) is 0 Å². The molecule has 0 saturated carbocycles. The monoisotopic (exact) mass is 178 g/mol. The molecular formula is C8H6N2OS. The highest BCUT2D eigenvalue weighted by molar-refractivity contribution is 7.16. The van der Waals surface area contributed by atoms with Crippen molar-refractivity contribution < 1.29 is 5.21 Å². The van der Waals surface area contributed by atoms with Gasteiger partial charge in [0.25, 0.3) is 0 Å². The second-order valence-electron chi connectivity index (χ2n) is 2.27. The summed E-state index contributed by atoms with van der Waals surface area (Å²) in [5, 5.41) is 11.6. The van der Waals surface area contributed by atoms with Gasteiger partial charge in [-0.25, -0.2) is 0 Å². The number of hydrogen-bond donors (Lipinski definition) is 1. The first-order valence-corrected chi connectivity index (χ1v) is 4.25. The van der Waals surface area contributed by atoms with Crippen LogP contribution in [0.25, 0.3) is 10.2 Å². The molecule has 1 N–H and O–H groups in total. The van der Waals surface area contributed by atoms with Gasteiger partial charge in [0.05, 0.1) is 16.4 Å². The average molecular weight is 178 g/mol. The molecule has 1 aromatic carbocycles. The molecule has 0 spiro atoms. The Morgan fingerprint density at radius 3 is 3.00 bits per heavy atom. The summed E-state index contributed by atoms with van der Waals surface area (Å²) in [6.45, 7) is 0. The SMILES string of the molecule is ON=c1cnc2ccccc2s1. The highest BCUT2D eigenvalue weighted by Crippen LogP contribution is 2.11. The van der Waals surface area contributed by atoms with Gasteiger partial charge in [0.1, 0.15) is 0 Å². The van der Waals surface area contributed by atoms with Gasteiger partial charge in [-0.2, -0.15) is 0 Å². The van der Waals surface area contributed by atoms with E-state index in [1.54, 1.807) is 6.20 Å². The van der Waals surface area contributed by atoms with Gasteiger partial charge in [0.15, 0.2) is 4.67 Å². The van der Waals surface area contributed by atoms with Crippen molar-refractivity contribution in [3.8, 4) is 0 Å². The van der Waals surface area contributed by atoms with Crippen LogP contribution < -0.4 is 4.67 Å². The molecule has 0 bridgehead atoms. The maximum Gasteiger partial charge on any atom is 0.174 e. The largest absolute Gasteiger partial charge is 0.410 e. The van der Waals surface area contributed by atoms with E-state index in [4.69, 9.17) is 5.21 Å². The summed E-state index contributed by atoms with van der Waals surface area (Å²) in [7, 11) is 0. The fraction of sp³-hybridized carbons (Fsp3) is 0. The number of aromatic nitrogens is 1. The second kappa shape index (κ2) is 2.91. The lowest BCUT2D eigenvalue weighted by atomic mass is 10.3. The first-order chi connectivity index (χ1) is 5.90. The molecule has 0 saturated heterocycles. The molecule has 0 aliphatic carbocycles. The third-order valence-electron chi connectivity index (χ3n) is 1.49. The predicted octanol–water partition coefficient (Wildman–Crippen LogP) is 1.59. The molecule has 0 atom stereocenters. The maximum atomic E-state index is 8.49. The Morgan fingerprint density at radius 2 is 2.17 bits per heavy atom. The van der Waals surface area contributed by atoms with Crippen molar-refractivity contribution in [1.29, 1.82) is 0 Å². The zero-order valence-electron chi connectivity index (χ0n) is 6.14. The van der Waals surface area contributed by atoms with Crippen LogP contribution in [0.15, 0.2) is 35.6 Å². The second-order valence-corrected chi connectivity index (χ2v) is 3.33. The van der Waals surface area contributed by atoms with Gasteiger partial charge >= 0.3 is 0 Å². The van der Waals surface area contributed by atoms with Crippen LogP contribution in [-0.4, -0.2) is 10.2 Å². The summed E-state index contributed by atoms with van der Waals surface area (Å²) >= 11 is 1.41. The van der Waals surface area contributed by atoms with Crippen molar-refractivity contribution >= 4 is 21.6 Å². The number of rotatable bonds is 0. The van der Waals surface area contributed by atoms with E-state index in [0.717, 1.165) is 10.2 Å². The van der Waals surface area contributed by atoms with Gasteiger partial charge < -0.3 is 5.21 Å². The Bertz CT molecular complexity index is 464. The van der Waals surface area contributed by atoms with Gasteiger partial charge in [-0.3, -0.25) is 4.98 Å². The lowest BCUT2D eigenvalue weighted by Gasteiger charge is -1.91. The predicted molar refractivity (Wildman–Crippen MR) is 47.0 cm³/mol. The van der Waals surface area contributed by atoms with Gasteiger partial charge in [0, 0.05) is 0 Å². The van der Waals surface area contributed by atoms with Gasteiger partial charge in [-0.15, -0.1) is 11.3 Å². The summed E-state index contributed by atoms with van der Waals surface area (Å²) in [6.07, 6.45) is 1.55. The third-order valence-corrected chi connectivity index (χ3v) is 2.45. The number of nitrogens with zero attached hydrogens (tertiary/aromatic N) is 2. The summed E-state index contributed by atoms with van der Waals surface area (Å²) in [5.74, 6) is 0. The Balaban J connectivity index is 2.85. The molecule has 1 aromatic heterocycles. The van der Waals surface area contributed by atoms with Gasteiger partial charge in [0.2, 0.25) is 0 Å². The van der Waals surface area contributed by atoms with Crippen molar-refractivity contribution in [1.82, 2.24) is 4.98 Å². The summed E-state index contributed by atoms with van der Waals surface area (Å²) in [6, 6.07) is 7.73. The molecule has 0 aliphatic rings. The summed E-state index contributed by atoms with van der Waals surface area (Å²) < 4.78 is 1.54. The number of benzene rings is 1. The van der Waals surface area contributed by atoms with E-state index in [0.29, 0.717) is 4.67 Å². The fourth-order valence-electron chi connectivity index (χ4n) is 0.960. The molecule has 12 heavy (non-hydrogen) atoms. The average Bonchev–Trinajstić information content (AvgIpc) is 2.17. The van der Waals surface area contributed by atoms with Crippen molar-refractivity contribution in [3.05, 3.63) is 35.1 Å². The molecular weight excluding hydrogens is 172 g/mol. The van der Waals surface area contributed by atoms with Crippen molar-refractivity contribution in [2.75, 3.05) is 0 Å². The van der Waals surface area contributed by atoms with Crippen LogP contribution >= 0.6 is 11.3 Å². The molecule has 2 aromatic rings. The quantitative estimate of drug-likeness (QED) is 0.491. The lowest BCUT2D eigenvalue weighted by molar-refractivity contribution is 0.304. The molecule has 2 rings (SSSR count). The molecule has 0 aliphatic heterocycles. The van der Waals surface area contributed by atoms with E-state index in [1.165, 1.54) is 11.3 Å². The minimum absolute atomic E-state index is 0.522. The van der Waals surface area contributed by atoms with Crippen LogP contribution in [0.4, 0.5) is 0 Å². The van der Waals surface area contributed by atoms with Crippen LogP contribution in [0, 0.1) is 0 Å². The minimum Gasteiger partial charge on any atom is -0.410 e. The number of fused-ring (bicyclic) bond motifs is 1.